The Labute approximate surface area is 132 Å². The molecule has 3 aliphatic rings. The summed E-state index contributed by atoms with van der Waals surface area (Å²) in [6.07, 6.45) is 7.60. The minimum absolute atomic E-state index is 0.234. The zero-order chi connectivity index (χ0) is 15.8. The van der Waals surface area contributed by atoms with E-state index >= 15 is 0 Å². The topological polar surface area (TPSA) is 100 Å². The lowest BCUT2D eigenvalue weighted by molar-refractivity contribution is 0.467. The molecule has 0 unspecified atom stereocenters. The van der Waals surface area contributed by atoms with Gasteiger partial charge < -0.3 is 0 Å². The second-order valence-corrected chi connectivity index (χ2v) is 5.69. The molecule has 0 bridgehead atoms. The normalized spacial score (nSPS) is 15.1. The van der Waals surface area contributed by atoms with Gasteiger partial charge in [-0.05, 0) is 25.0 Å². The van der Waals surface area contributed by atoms with Crippen LogP contribution in [-0.2, 0) is 0 Å². The van der Waals surface area contributed by atoms with Gasteiger partial charge in [-0.3, -0.25) is 19.6 Å². The van der Waals surface area contributed by atoms with Crippen molar-refractivity contribution in [2.45, 2.75) is 31.7 Å². The third-order valence-electron chi connectivity index (χ3n) is 4.31. The number of hydrogen-bond acceptors (Lipinski definition) is 5. The summed E-state index contributed by atoms with van der Waals surface area (Å²) < 4.78 is 1.87. The van der Waals surface area contributed by atoms with Crippen molar-refractivity contribution in [2.75, 3.05) is 0 Å². The average molecular weight is 306 g/mol. The number of H-pyrrole nitrogens is 1. The van der Waals surface area contributed by atoms with Gasteiger partial charge in [0.1, 0.15) is 17.3 Å². The van der Waals surface area contributed by atoms with E-state index in [2.05, 4.69) is 20.1 Å². The highest BCUT2D eigenvalue weighted by atomic mass is 16.1. The first-order valence-electron chi connectivity index (χ1n) is 7.60. The molecule has 0 amide bonds. The summed E-state index contributed by atoms with van der Waals surface area (Å²) in [6, 6.07) is 5.82. The zero-order valence-corrected chi connectivity index (χ0v) is 12.4. The van der Waals surface area contributed by atoms with E-state index in [0.717, 1.165) is 31.2 Å². The van der Waals surface area contributed by atoms with Gasteiger partial charge in [-0.2, -0.15) is 10.2 Å². The fraction of sp³-hybridized carbons (Fsp3) is 0.312. The van der Waals surface area contributed by atoms with Crippen LogP contribution in [0.2, 0.25) is 0 Å². The van der Waals surface area contributed by atoms with Crippen molar-refractivity contribution in [3.8, 4) is 28.8 Å². The Bertz CT molecular complexity index is 914. The van der Waals surface area contributed by atoms with E-state index < -0.39 is 5.56 Å². The lowest BCUT2D eigenvalue weighted by atomic mass is 10.2. The SMILES string of the molecule is N#Cc1[nH]n(C2CCCC2)c2nc(-c3ccncc3)nc(=O)c1-2. The summed E-state index contributed by atoms with van der Waals surface area (Å²) in [7, 11) is 0. The van der Waals surface area contributed by atoms with Crippen molar-refractivity contribution >= 4 is 0 Å². The summed E-state index contributed by atoms with van der Waals surface area (Å²) >= 11 is 0. The van der Waals surface area contributed by atoms with Crippen molar-refractivity contribution < 1.29 is 0 Å². The Morgan fingerprint density at radius 3 is 2.65 bits per heavy atom. The predicted octanol–water partition coefficient (Wildman–Crippen LogP) is 2.12. The molecule has 1 aliphatic carbocycles. The first kappa shape index (κ1) is 13.6. The minimum atomic E-state index is -0.425. The first-order chi connectivity index (χ1) is 11.3. The number of aromatic amines is 1. The third-order valence-corrected chi connectivity index (χ3v) is 4.31. The Balaban J connectivity index is 1.96. The smallest absolute Gasteiger partial charge is 0.285 e. The standard InChI is InChI=1S/C16H14N6O/c17-9-12-13-15(22(21-12)11-3-1-2-4-11)19-14(20-16(13)23)10-5-7-18-8-6-10/h5-8,11,21H,1-4H2. The minimum Gasteiger partial charge on any atom is -0.286 e. The van der Waals surface area contributed by atoms with Gasteiger partial charge in [-0.15, -0.1) is 0 Å². The molecule has 0 saturated heterocycles. The van der Waals surface area contributed by atoms with Crippen LogP contribution in [0.25, 0.3) is 22.8 Å². The maximum absolute atomic E-state index is 12.4. The molecule has 7 heteroatoms. The van der Waals surface area contributed by atoms with Gasteiger partial charge in [-0.25, -0.2) is 4.98 Å². The predicted molar refractivity (Wildman–Crippen MR) is 82.7 cm³/mol. The van der Waals surface area contributed by atoms with Crippen LogP contribution in [0, 0.1) is 11.3 Å². The molecule has 2 aliphatic heterocycles. The van der Waals surface area contributed by atoms with Crippen LogP contribution in [-0.4, -0.2) is 24.7 Å². The van der Waals surface area contributed by atoms with Crippen molar-refractivity contribution in [1.29, 1.82) is 5.26 Å². The lowest BCUT2D eigenvalue weighted by Gasteiger charge is -2.13. The molecule has 1 N–H and O–H groups in total. The van der Waals surface area contributed by atoms with E-state index in [-0.39, 0.29) is 17.3 Å². The second kappa shape index (κ2) is 5.32. The van der Waals surface area contributed by atoms with Crippen LogP contribution in [0.3, 0.4) is 0 Å². The molecule has 23 heavy (non-hydrogen) atoms. The van der Waals surface area contributed by atoms with Crippen molar-refractivity contribution in [3.63, 3.8) is 0 Å². The molecule has 7 nitrogen and oxygen atoms in total. The first-order valence-corrected chi connectivity index (χ1v) is 7.60. The monoisotopic (exact) mass is 306 g/mol. The molecular formula is C16H14N6O. The van der Waals surface area contributed by atoms with E-state index in [9.17, 15) is 10.1 Å². The van der Waals surface area contributed by atoms with E-state index in [4.69, 9.17) is 0 Å². The van der Waals surface area contributed by atoms with E-state index in [1.807, 2.05) is 10.8 Å². The molecule has 0 atom stereocenters. The van der Waals surface area contributed by atoms with Gasteiger partial charge in [0.15, 0.2) is 11.6 Å². The second-order valence-electron chi connectivity index (χ2n) is 5.69. The summed E-state index contributed by atoms with van der Waals surface area (Å²) in [5.41, 5.74) is 0.818. The van der Waals surface area contributed by atoms with Gasteiger partial charge in [0, 0.05) is 18.0 Å². The number of aromatic nitrogens is 5. The van der Waals surface area contributed by atoms with E-state index in [1.54, 1.807) is 24.5 Å². The van der Waals surface area contributed by atoms with Crippen LogP contribution in [0.15, 0.2) is 29.3 Å². The number of hydrogen-bond donors (Lipinski definition) is 1. The third kappa shape index (κ3) is 2.19. The van der Waals surface area contributed by atoms with Crippen LogP contribution < -0.4 is 5.56 Å². The molecule has 3 heterocycles. The molecule has 1 saturated carbocycles. The fourth-order valence-corrected chi connectivity index (χ4v) is 3.19. The number of nitriles is 1. The summed E-state index contributed by atoms with van der Waals surface area (Å²) in [6.45, 7) is 0. The maximum Gasteiger partial charge on any atom is 0.285 e. The number of fused-ring (bicyclic) bond motifs is 1. The van der Waals surface area contributed by atoms with Crippen LogP contribution in [0.5, 0.6) is 0 Å². The van der Waals surface area contributed by atoms with E-state index in [0.29, 0.717) is 11.6 Å². The molecule has 1 aromatic heterocycles. The molecule has 0 spiro atoms. The average Bonchev–Trinajstić information content (AvgIpc) is 3.22. The Morgan fingerprint density at radius 1 is 1.22 bits per heavy atom. The van der Waals surface area contributed by atoms with Crippen molar-refractivity contribution in [2.24, 2.45) is 0 Å². The summed E-state index contributed by atoms with van der Waals surface area (Å²) in [5, 5.41) is 12.3. The van der Waals surface area contributed by atoms with Gasteiger partial charge in [0.2, 0.25) is 0 Å². The molecule has 114 valence electrons. The van der Waals surface area contributed by atoms with Crippen molar-refractivity contribution in [1.82, 2.24) is 24.7 Å². The lowest BCUT2D eigenvalue weighted by Crippen LogP contribution is -2.16. The van der Waals surface area contributed by atoms with Crippen LogP contribution in [0.1, 0.15) is 37.4 Å². The number of nitrogens with zero attached hydrogens (tertiary/aromatic N) is 5. The zero-order valence-electron chi connectivity index (χ0n) is 12.4. The Hall–Kier alpha value is -3.01. The van der Waals surface area contributed by atoms with Gasteiger partial charge in [0.25, 0.3) is 5.56 Å². The molecule has 0 aromatic carbocycles. The Morgan fingerprint density at radius 2 is 1.96 bits per heavy atom. The van der Waals surface area contributed by atoms with Crippen molar-refractivity contribution in [3.05, 3.63) is 40.6 Å². The van der Waals surface area contributed by atoms with Crippen LogP contribution in [0.4, 0.5) is 0 Å². The molecular weight excluding hydrogens is 292 g/mol. The fourth-order valence-electron chi connectivity index (χ4n) is 3.19. The van der Waals surface area contributed by atoms with Gasteiger partial charge >= 0.3 is 0 Å². The maximum atomic E-state index is 12.4. The molecule has 4 rings (SSSR count). The molecule has 1 aromatic rings. The number of pyridine rings is 1. The highest BCUT2D eigenvalue weighted by molar-refractivity contribution is 5.66. The van der Waals surface area contributed by atoms with E-state index in [1.165, 1.54) is 0 Å². The summed E-state index contributed by atoms with van der Waals surface area (Å²) in [5.74, 6) is 0.875. The molecule has 0 radical (unpaired) electrons. The molecule has 1 fully saturated rings. The number of nitrogens with one attached hydrogen (secondary N) is 1. The van der Waals surface area contributed by atoms with Crippen LogP contribution >= 0.6 is 0 Å². The quantitative estimate of drug-likeness (QED) is 0.781. The summed E-state index contributed by atoms with van der Waals surface area (Å²) in [4.78, 5) is 25.0. The Kier molecular flexibility index (Phi) is 3.15. The van der Waals surface area contributed by atoms with Gasteiger partial charge in [0.05, 0.1) is 6.04 Å². The largest absolute Gasteiger partial charge is 0.286 e. The highest BCUT2D eigenvalue weighted by Gasteiger charge is 2.28. The highest BCUT2D eigenvalue weighted by Crippen LogP contribution is 2.33. The van der Waals surface area contributed by atoms with Gasteiger partial charge in [-0.1, -0.05) is 12.8 Å². The number of rotatable bonds is 2.